The summed E-state index contributed by atoms with van der Waals surface area (Å²) >= 11 is 1.23. The van der Waals surface area contributed by atoms with Gasteiger partial charge in [-0.25, -0.2) is 12.7 Å². The van der Waals surface area contributed by atoms with Crippen LogP contribution < -0.4 is 0 Å². The molecule has 1 heterocycles. The van der Waals surface area contributed by atoms with Gasteiger partial charge in [0.25, 0.3) is 0 Å². The van der Waals surface area contributed by atoms with Crippen molar-refractivity contribution in [3.8, 4) is 0 Å². The predicted molar refractivity (Wildman–Crippen MR) is 85.8 cm³/mol. The third-order valence-corrected chi connectivity index (χ3v) is 6.36. The van der Waals surface area contributed by atoms with Crippen LogP contribution in [-0.2, 0) is 22.0 Å². The average molecular weight is 366 g/mol. The molecule has 0 unspecified atom stereocenters. The van der Waals surface area contributed by atoms with Crippen LogP contribution in [-0.4, -0.2) is 36.7 Å². The zero-order chi connectivity index (χ0) is 17.1. The lowest BCUT2D eigenvalue weighted by molar-refractivity contribution is -0.137. The summed E-state index contributed by atoms with van der Waals surface area (Å²) in [4.78, 5) is 4.18. The number of halogens is 3. The molecule has 23 heavy (non-hydrogen) atoms. The van der Waals surface area contributed by atoms with Crippen LogP contribution in [0.2, 0.25) is 0 Å². The van der Waals surface area contributed by atoms with Crippen LogP contribution in [0.4, 0.5) is 13.2 Å². The van der Waals surface area contributed by atoms with E-state index in [-0.39, 0.29) is 5.75 Å². The fraction of sp³-hybridized carbons (Fsp3) is 0.500. The molecule has 0 radical (unpaired) electrons. The van der Waals surface area contributed by atoms with E-state index < -0.39 is 21.8 Å². The standard InChI is InChI=1S/C14H17F3N2O2S2/c1-2-9-23(20,21)19-8-7-18-13(19)22-10-11-3-5-12(6-4-11)14(15,16)17/h3-6H,2,7-10H2,1H3. The van der Waals surface area contributed by atoms with Crippen molar-refractivity contribution >= 4 is 27.0 Å². The van der Waals surface area contributed by atoms with E-state index in [0.717, 1.165) is 12.1 Å². The molecule has 0 aromatic heterocycles. The highest BCUT2D eigenvalue weighted by atomic mass is 32.2. The summed E-state index contributed by atoms with van der Waals surface area (Å²) in [7, 11) is -3.36. The number of sulfonamides is 1. The van der Waals surface area contributed by atoms with E-state index in [1.54, 1.807) is 6.92 Å². The second-order valence-electron chi connectivity index (χ2n) is 5.04. The first-order valence-electron chi connectivity index (χ1n) is 7.08. The molecule has 1 aliphatic heterocycles. The largest absolute Gasteiger partial charge is 0.416 e. The van der Waals surface area contributed by atoms with Crippen molar-refractivity contribution < 1.29 is 21.6 Å². The molecule has 0 saturated heterocycles. The molecule has 0 spiro atoms. The summed E-state index contributed by atoms with van der Waals surface area (Å²) in [5, 5.41) is 0.415. The van der Waals surface area contributed by atoms with Crippen LogP contribution in [0.1, 0.15) is 24.5 Å². The summed E-state index contributed by atoms with van der Waals surface area (Å²) in [6.07, 6.45) is -3.83. The van der Waals surface area contributed by atoms with E-state index in [1.165, 1.54) is 28.2 Å². The second-order valence-corrected chi connectivity index (χ2v) is 7.99. The van der Waals surface area contributed by atoms with E-state index in [4.69, 9.17) is 0 Å². The number of hydrogen-bond acceptors (Lipinski definition) is 4. The average Bonchev–Trinajstić information content (AvgIpc) is 2.94. The first-order valence-corrected chi connectivity index (χ1v) is 9.67. The number of thioether (sulfide) groups is 1. The van der Waals surface area contributed by atoms with Gasteiger partial charge in [-0.15, -0.1) is 0 Å². The summed E-state index contributed by atoms with van der Waals surface area (Å²) < 4.78 is 63.1. The van der Waals surface area contributed by atoms with Gasteiger partial charge in [-0.05, 0) is 24.1 Å². The fourth-order valence-corrected chi connectivity index (χ4v) is 4.89. The number of amidine groups is 1. The lowest BCUT2D eigenvalue weighted by Gasteiger charge is -2.19. The molecule has 1 aromatic carbocycles. The van der Waals surface area contributed by atoms with E-state index in [9.17, 15) is 21.6 Å². The maximum absolute atomic E-state index is 12.5. The summed E-state index contributed by atoms with van der Waals surface area (Å²) in [6, 6.07) is 4.85. The van der Waals surface area contributed by atoms with Gasteiger partial charge in [0.15, 0.2) is 5.17 Å². The summed E-state index contributed by atoms with van der Waals surface area (Å²) in [5.74, 6) is 0.433. The van der Waals surface area contributed by atoms with Gasteiger partial charge in [-0.2, -0.15) is 13.2 Å². The molecule has 1 aromatic rings. The van der Waals surface area contributed by atoms with Crippen LogP contribution in [0.15, 0.2) is 29.3 Å². The molecule has 0 amide bonds. The maximum Gasteiger partial charge on any atom is 0.416 e. The molecular weight excluding hydrogens is 349 g/mol. The predicted octanol–water partition coefficient (Wildman–Crippen LogP) is 3.35. The lowest BCUT2D eigenvalue weighted by Crippen LogP contribution is -2.34. The third-order valence-electron chi connectivity index (χ3n) is 3.21. The van der Waals surface area contributed by atoms with Gasteiger partial charge in [-0.1, -0.05) is 30.8 Å². The molecule has 0 atom stereocenters. The van der Waals surface area contributed by atoms with Crippen LogP contribution in [0.3, 0.4) is 0 Å². The van der Waals surface area contributed by atoms with Crippen molar-refractivity contribution in [1.29, 1.82) is 0 Å². The number of aliphatic imine (C=N–C) groups is 1. The molecule has 0 fully saturated rings. The molecule has 128 valence electrons. The van der Waals surface area contributed by atoms with Crippen LogP contribution >= 0.6 is 11.8 Å². The molecule has 9 heteroatoms. The minimum atomic E-state index is -4.35. The van der Waals surface area contributed by atoms with Gasteiger partial charge in [0.1, 0.15) is 0 Å². The molecular formula is C14H17F3N2O2S2. The Kier molecular flexibility index (Phi) is 5.61. The number of benzene rings is 1. The van der Waals surface area contributed by atoms with Crippen molar-refractivity contribution in [3.05, 3.63) is 35.4 Å². The third kappa shape index (κ3) is 4.63. The molecule has 0 bridgehead atoms. The summed E-state index contributed by atoms with van der Waals surface area (Å²) in [6.45, 7) is 2.54. The number of rotatable bonds is 5. The molecule has 4 nitrogen and oxygen atoms in total. The highest BCUT2D eigenvalue weighted by Crippen LogP contribution is 2.30. The van der Waals surface area contributed by atoms with E-state index in [0.29, 0.717) is 36.0 Å². The van der Waals surface area contributed by atoms with Gasteiger partial charge >= 0.3 is 6.18 Å². The first-order chi connectivity index (χ1) is 10.7. The Morgan fingerprint density at radius 1 is 1.26 bits per heavy atom. The Labute approximate surface area is 137 Å². The quantitative estimate of drug-likeness (QED) is 0.803. The number of nitrogens with zero attached hydrogens (tertiary/aromatic N) is 2. The van der Waals surface area contributed by atoms with E-state index in [1.807, 2.05) is 0 Å². The normalized spacial score (nSPS) is 15.8. The molecule has 0 aliphatic carbocycles. The van der Waals surface area contributed by atoms with Gasteiger partial charge in [0, 0.05) is 5.75 Å². The van der Waals surface area contributed by atoms with Crippen molar-refractivity contribution in [2.45, 2.75) is 25.3 Å². The van der Waals surface area contributed by atoms with Gasteiger partial charge in [0.2, 0.25) is 10.0 Å². The van der Waals surface area contributed by atoms with Crippen LogP contribution in [0.25, 0.3) is 0 Å². The molecule has 2 rings (SSSR count). The van der Waals surface area contributed by atoms with Crippen LogP contribution in [0, 0.1) is 0 Å². The van der Waals surface area contributed by atoms with Gasteiger partial charge in [0.05, 0.1) is 24.4 Å². The van der Waals surface area contributed by atoms with Gasteiger partial charge in [-0.3, -0.25) is 4.99 Å². The number of alkyl halides is 3. The zero-order valence-corrected chi connectivity index (χ0v) is 14.1. The highest BCUT2D eigenvalue weighted by molar-refractivity contribution is 8.14. The van der Waals surface area contributed by atoms with Crippen LogP contribution in [0.5, 0.6) is 0 Å². The molecule has 0 saturated carbocycles. The smallest absolute Gasteiger partial charge is 0.260 e. The van der Waals surface area contributed by atoms with Gasteiger partial charge < -0.3 is 0 Å². The van der Waals surface area contributed by atoms with Crippen molar-refractivity contribution in [2.24, 2.45) is 4.99 Å². The summed E-state index contributed by atoms with van der Waals surface area (Å²) in [5.41, 5.74) is -0.0120. The molecule has 0 N–H and O–H groups in total. The zero-order valence-electron chi connectivity index (χ0n) is 12.5. The topological polar surface area (TPSA) is 49.7 Å². The van der Waals surface area contributed by atoms with Crippen molar-refractivity contribution in [3.63, 3.8) is 0 Å². The van der Waals surface area contributed by atoms with E-state index >= 15 is 0 Å². The van der Waals surface area contributed by atoms with E-state index in [2.05, 4.69) is 4.99 Å². The minimum Gasteiger partial charge on any atom is -0.260 e. The second kappa shape index (κ2) is 7.12. The maximum atomic E-state index is 12.5. The SMILES string of the molecule is CCCS(=O)(=O)N1CCN=C1SCc1ccc(C(F)(F)F)cc1. The Bertz CT molecular complexity index is 670. The number of hydrogen-bond donors (Lipinski definition) is 0. The monoisotopic (exact) mass is 366 g/mol. The van der Waals surface area contributed by atoms with Crippen molar-refractivity contribution in [2.75, 3.05) is 18.8 Å². The Morgan fingerprint density at radius 3 is 2.48 bits per heavy atom. The Morgan fingerprint density at radius 2 is 1.91 bits per heavy atom. The molecule has 1 aliphatic rings. The minimum absolute atomic E-state index is 0.0624. The Balaban J connectivity index is 2.00. The van der Waals surface area contributed by atoms with Crippen molar-refractivity contribution in [1.82, 2.24) is 4.31 Å². The lowest BCUT2D eigenvalue weighted by atomic mass is 10.1. The highest BCUT2D eigenvalue weighted by Gasteiger charge is 2.30. The Hall–Kier alpha value is -1.22. The first kappa shape index (κ1) is 18.1. The fourth-order valence-electron chi connectivity index (χ4n) is 2.09.